The second-order valence-corrected chi connectivity index (χ2v) is 4.82. The fraction of sp³-hybridized carbons (Fsp3) is 0.462. The minimum atomic E-state index is 0.589. The lowest BCUT2D eigenvalue weighted by Gasteiger charge is -2.04. The molecule has 0 atom stereocenters. The molecule has 1 aromatic carbocycles. The fourth-order valence-corrected chi connectivity index (χ4v) is 2.08. The summed E-state index contributed by atoms with van der Waals surface area (Å²) in [6, 6.07) is 10.9. The maximum Gasteiger partial charge on any atom is 0.0635 e. The predicted molar refractivity (Wildman–Crippen MR) is 69.6 cm³/mol. The average Bonchev–Trinajstić information content (AvgIpc) is 2.31. The van der Waals surface area contributed by atoms with E-state index >= 15 is 0 Å². The van der Waals surface area contributed by atoms with Crippen LogP contribution in [0.3, 0.4) is 0 Å². The maximum absolute atomic E-state index is 8.37. The SMILES string of the molecule is CCSc1ccc(CCNCCC#N)cc1. The third-order valence-electron chi connectivity index (χ3n) is 2.24. The fourth-order valence-electron chi connectivity index (χ4n) is 1.42. The second-order valence-electron chi connectivity index (χ2n) is 3.49. The quantitative estimate of drug-likeness (QED) is 0.582. The molecule has 0 unspecified atom stereocenters. The second kappa shape index (κ2) is 8.20. The van der Waals surface area contributed by atoms with Crippen LogP contribution in [0.4, 0.5) is 0 Å². The van der Waals surface area contributed by atoms with Gasteiger partial charge in [-0.25, -0.2) is 0 Å². The number of nitriles is 1. The van der Waals surface area contributed by atoms with E-state index in [1.54, 1.807) is 0 Å². The van der Waals surface area contributed by atoms with Crippen LogP contribution in [0.5, 0.6) is 0 Å². The highest BCUT2D eigenvalue weighted by atomic mass is 32.2. The number of hydrogen-bond acceptors (Lipinski definition) is 3. The molecular weight excluding hydrogens is 216 g/mol. The molecule has 0 aliphatic rings. The van der Waals surface area contributed by atoms with Crippen molar-refractivity contribution in [3.8, 4) is 6.07 Å². The van der Waals surface area contributed by atoms with Gasteiger partial charge < -0.3 is 5.32 Å². The molecule has 0 radical (unpaired) electrons. The largest absolute Gasteiger partial charge is 0.315 e. The summed E-state index contributed by atoms with van der Waals surface area (Å²) >= 11 is 1.87. The van der Waals surface area contributed by atoms with Crippen LogP contribution in [0.2, 0.25) is 0 Å². The van der Waals surface area contributed by atoms with E-state index in [0.29, 0.717) is 6.42 Å². The summed E-state index contributed by atoms with van der Waals surface area (Å²) in [5.74, 6) is 1.12. The Morgan fingerprint density at radius 2 is 2.00 bits per heavy atom. The topological polar surface area (TPSA) is 35.8 Å². The number of thioether (sulfide) groups is 1. The summed E-state index contributed by atoms with van der Waals surface area (Å²) < 4.78 is 0. The Morgan fingerprint density at radius 3 is 2.62 bits per heavy atom. The molecule has 0 aromatic heterocycles. The van der Waals surface area contributed by atoms with Gasteiger partial charge in [-0.2, -0.15) is 5.26 Å². The van der Waals surface area contributed by atoms with Gasteiger partial charge in [-0.05, 0) is 36.4 Å². The number of rotatable bonds is 7. The molecule has 0 aliphatic carbocycles. The van der Waals surface area contributed by atoms with Crippen molar-refractivity contribution in [1.82, 2.24) is 5.32 Å². The first-order chi connectivity index (χ1) is 7.86. The molecule has 0 amide bonds. The lowest BCUT2D eigenvalue weighted by Crippen LogP contribution is -2.17. The van der Waals surface area contributed by atoms with Crippen molar-refractivity contribution in [2.45, 2.75) is 24.7 Å². The Labute approximate surface area is 102 Å². The monoisotopic (exact) mass is 234 g/mol. The van der Waals surface area contributed by atoms with Gasteiger partial charge in [0, 0.05) is 17.9 Å². The molecule has 0 heterocycles. The Balaban J connectivity index is 2.24. The minimum Gasteiger partial charge on any atom is -0.315 e. The molecule has 86 valence electrons. The van der Waals surface area contributed by atoms with Gasteiger partial charge in [0.25, 0.3) is 0 Å². The number of nitrogens with one attached hydrogen (secondary N) is 1. The molecular formula is C13H18N2S. The molecule has 0 spiro atoms. The smallest absolute Gasteiger partial charge is 0.0635 e. The van der Waals surface area contributed by atoms with Crippen molar-refractivity contribution in [3.05, 3.63) is 29.8 Å². The van der Waals surface area contributed by atoms with Crippen LogP contribution in [-0.4, -0.2) is 18.8 Å². The third-order valence-corrected chi connectivity index (χ3v) is 3.13. The lowest BCUT2D eigenvalue weighted by atomic mass is 10.1. The zero-order chi connectivity index (χ0) is 11.6. The first-order valence-electron chi connectivity index (χ1n) is 5.66. The molecule has 0 bridgehead atoms. The van der Waals surface area contributed by atoms with Crippen molar-refractivity contribution in [2.75, 3.05) is 18.8 Å². The molecule has 0 saturated carbocycles. The Kier molecular flexibility index (Phi) is 6.71. The summed E-state index contributed by atoms with van der Waals surface area (Å²) in [6.07, 6.45) is 1.62. The maximum atomic E-state index is 8.37. The molecule has 1 N–H and O–H groups in total. The standard InChI is InChI=1S/C13H18N2S/c1-2-16-13-6-4-12(5-7-13)8-11-15-10-3-9-14/h4-7,15H,2-3,8,10-11H2,1H3. The van der Waals surface area contributed by atoms with Gasteiger partial charge in [0.1, 0.15) is 0 Å². The van der Waals surface area contributed by atoms with Crippen molar-refractivity contribution in [2.24, 2.45) is 0 Å². The third kappa shape index (κ3) is 5.20. The van der Waals surface area contributed by atoms with Gasteiger partial charge in [0.15, 0.2) is 0 Å². The summed E-state index contributed by atoms with van der Waals surface area (Å²) in [6.45, 7) is 3.90. The van der Waals surface area contributed by atoms with Crippen molar-refractivity contribution < 1.29 is 0 Å². The van der Waals surface area contributed by atoms with Crippen LogP contribution in [-0.2, 0) is 6.42 Å². The van der Waals surface area contributed by atoms with Crippen LogP contribution < -0.4 is 5.32 Å². The zero-order valence-electron chi connectivity index (χ0n) is 9.70. The van der Waals surface area contributed by atoms with Gasteiger partial charge in [0.05, 0.1) is 6.07 Å². The van der Waals surface area contributed by atoms with E-state index < -0.39 is 0 Å². The van der Waals surface area contributed by atoms with E-state index in [2.05, 4.69) is 42.6 Å². The van der Waals surface area contributed by atoms with Crippen molar-refractivity contribution in [3.63, 3.8) is 0 Å². The molecule has 1 rings (SSSR count). The summed E-state index contributed by atoms with van der Waals surface area (Å²) in [4.78, 5) is 1.34. The van der Waals surface area contributed by atoms with Gasteiger partial charge in [-0.3, -0.25) is 0 Å². The van der Waals surface area contributed by atoms with E-state index in [1.165, 1.54) is 10.5 Å². The number of hydrogen-bond donors (Lipinski definition) is 1. The highest BCUT2D eigenvalue weighted by Gasteiger charge is 1.94. The summed E-state index contributed by atoms with van der Waals surface area (Å²) in [7, 11) is 0. The molecule has 2 nitrogen and oxygen atoms in total. The molecule has 0 saturated heterocycles. The highest BCUT2D eigenvalue weighted by molar-refractivity contribution is 7.99. The van der Waals surface area contributed by atoms with E-state index in [9.17, 15) is 0 Å². The zero-order valence-corrected chi connectivity index (χ0v) is 10.5. The first kappa shape index (κ1) is 13.1. The van der Waals surface area contributed by atoms with Gasteiger partial charge in [-0.1, -0.05) is 19.1 Å². The average molecular weight is 234 g/mol. The Hall–Kier alpha value is -0.980. The van der Waals surface area contributed by atoms with E-state index in [-0.39, 0.29) is 0 Å². The summed E-state index contributed by atoms with van der Waals surface area (Å²) in [5.41, 5.74) is 1.35. The first-order valence-corrected chi connectivity index (χ1v) is 6.64. The Bertz CT molecular complexity index is 327. The van der Waals surface area contributed by atoms with Crippen molar-refractivity contribution in [1.29, 1.82) is 5.26 Å². The van der Waals surface area contributed by atoms with Crippen molar-refractivity contribution >= 4 is 11.8 Å². The number of benzene rings is 1. The predicted octanol–water partition coefficient (Wildman–Crippen LogP) is 2.84. The highest BCUT2D eigenvalue weighted by Crippen LogP contribution is 2.17. The van der Waals surface area contributed by atoms with E-state index in [4.69, 9.17) is 5.26 Å². The van der Waals surface area contributed by atoms with Crippen LogP contribution in [0.1, 0.15) is 18.9 Å². The van der Waals surface area contributed by atoms with Crippen LogP contribution in [0.15, 0.2) is 29.2 Å². The van der Waals surface area contributed by atoms with Crippen LogP contribution in [0, 0.1) is 11.3 Å². The van der Waals surface area contributed by atoms with E-state index in [1.807, 2.05) is 11.8 Å². The van der Waals surface area contributed by atoms with Gasteiger partial charge >= 0.3 is 0 Å². The molecule has 0 aliphatic heterocycles. The van der Waals surface area contributed by atoms with Gasteiger partial charge in [0.2, 0.25) is 0 Å². The Morgan fingerprint density at radius 1 is 1.25 bits per heavy atom. The molecule has 1 aromatic rings. The van der Waals surface area contributed by atoms with Crippen LogP contribution in [0.25, 0.3) is 0 Å². The van der Waals surface area contributed by atoms with E-state index in [0.717, 1.165) is 25.3 Å². The normalized spacial score (nSPS) is 10.0. The molecule has 0 fully saturated rings. The molecule has 3 heteroatoms. The number of nitrogens with zero attached hydrogens (tertiary/aromatic N) is 1. The lowest BCUT2D eigenvalue weighted by molar-refractivity contribution is 0.692. The molecule has 16 heavy (non-hydrogen) atoms. The van der Waals surface area contributed by atoms with Gasteiger partial charge in [-0.15, -0.1) is 11.8 Å². The summed E-state index contributed by atoms with van der Waals surface area (Å²) in [5, 5.41) is 11.6. The minimum absolute atomic E-state index is 0.589. The van der Waals surface area contributed by atoms with Crippen LogP contribution >= 0.6 is 11.8 Å².